The van der Waals surface area contributed by atoms with Crippen molar-refractivity contribution in [1.29, 1.82) is 0 Å². The van der Waals surface area contributed by atoms with Crippen molar-refractivity contribution in [2.24, 2.45) is 7.05 Å². The molecule has 2 aromatic rings. The highest BCUT2D eigenvalue weighted by Gasteiger charge is 2.38. The lowest BCUT2D eigenvalue weighted by molar-refractivity contribution is -0.192. The molecule has 0 spiro atoms. The molecule has 0 fully saturated rings. The van der Waals surface area contributed by atoms with E-state index in [-0.39, 0.29) is 0 Å². The average molecular weight is 429 g/mol. The predicted molar refractivity (Wildman–Crippen MR) is 81.5 cm³/mol. The van der Waals surface area contributed by atoms with Crippen LogP contribution in [0.1, 0.15) is 0 Å². The molecule has 2 rings (SSSR count). The molecule has 4 N–H and O–H groups in total. The van der Waals surface area contributed by atoms with Crippen LogP contribution in [0.5, 0.6) is 0 Å². The number of aromatic nitrogens is 3. The van der Waals surface area contributed by atoms with Crippen LogP contribution in [-0.4, -0.2) is 32.0 Å². The summed E-state index contributed by atoms with van der Waals surface area (Å²) < 4.78 is 34.4. The molecule has 11 heteroatoms. The molecule has 1 heterocycles. The Balaban J connectivity index is 0.000000295. The van der Waals surface area contributed by atoms with Crippen molar-refractivity contribution in [2.45, 2.75) is 6.18 Å². The summed E-state index contributed by atoms with van der Waals surface area (Å²) in [5.41, 5.74) is 6.51. The number of nitrogens with one attached hydrogen (secondary N) is 1. The number of aliphatic carboxylic acids is 1. The Labute approximate surface area is 136 Å². The number of carboxylic acids is 1. The number of nitrogen functional groups attached to an aromatic ring is 1. The zero-order valence-corrected chi connectivity index (χ0v) is 13.3. The third kappa shape index (κ3) is 5.75. The Hall–Kier alpha value is -2.05. The van der Waals surface area contributed by atoms with Gasteiger partial charge in [0.2, 0.25) is 11.9 Å². The van der Waals surface area contributed by atoms with Crippen LogP contribution < -0.4 is 11.1 Å². The molecule has 0 bridgehead atoms. The van der Waals surface area contributed by atoms with E-state index < -0.39 is 12.1 Å². The first-order chi connectivity index (χ1) is 10.1. The van der Waals surface area contributed by atoms with Gasteiger partial charge >= 0.3 is 12.1 Å². The Morgan fingerprint density at radius 3 is 2.23 bits per heavy atom. The third-order valence-corrected chi connectivity index (χ3v) is 2.86. The number of alkyl halides is 3. The topological polar surface area (TPSA) is 106 Å². The first-order valence-corrected chi connectivity index (χ1v) is 6.66. The molecule has 0 unspecified atom stereocenters. The Morgan fingerprint density at radius 2 is 1.86 bits per heavy atom. The van der Waals surface area contributed by atoms with Crippen LogP contribution in [0.2, 0.25) is 0 Å². The largest absolute Gasteiger partial charge is 0.490 e. The fourth-order valence-electron chi connectivity index (χ4n) is 1.11. The lowest BCUT2D eigenvalue weighted by atomic mass is 10.3. The molecule has 0 radical (unpaired) electrons. The van der Waals surface area contributed by atoms with Crippen molar-refractivity contribution in [3.05, 3.63) is 27.8 Å². The van der Waals surface area contributed by atoms with Crippen molar-refractivity contribution >= 4 is 46.1 Å². The van der Waals surface area contributed by atoms with Gasteiger partial charge in [-0.3, -0.25) is 0 Å². The number of rotatable bonds is 2. The van der Waals surface area contributed by atoms with E-state index in [1.807, 2.05) is 24.3 Å². The fourth-order valence-corrected chi connectivity index (χ4v) is 1.47. The average Bonchev–Trinajstić information content (AvgIpc) is 2.71. The molecule has 1 aromatic carbocycles. The number of aryl methyl sites for hydroxylation is 1. The first-order valence-electron chi connectivity index (χ1n) is 5.59. The molecule has 0 atom stereocenters. The van der Waals surface area contributed by atoms with E-state index >= 15 is 0 Å². The second-order valence-corrected chi connectivity index (χ2v) is 5.10. The lowest BCUT2D eigenvalue weighted by Gasteiger charge is -2.00. The minimum atomic E-state index is -5.08. The summed E-state index contributed by atoms with van der Waals surface area (Å²) >= 11 is 2.25. The van der Waals surface area contributed by atoms with Crippen LogP contribution in [-0.2, 0) is 11.8 Å². The monoisotopic (exact) mass is 429 g/mol. The van der Waals surface area contributed by atoms with Gasteiger partial charge in [0.25, 0.3) is 0 Å². The lowest BCUT2D eigenvalue weighted by Crippen LogP contribution is -2.21. The molecule has 0 aliphatic rings. The fraction of sp³-hybridized carbons (Fsp3) is 0.182. The van der Waals surface area contributed by atoms with Gasteiger partial charge in [0, 0.05) is 16.3 Å². The van der Waals surface area contributed by atoms with E-state index in [1.54, 1.807) is 7.05 Å². The van der Waals surface area contributed by atoms with E-state index in [9.17, 15) is 13.2 Å². The molecular weight excluding hydrogens is 418 g/mol. The number of carbonyl (C=O) groups is 1. The van der Waals surface area contributed by atoms with E-state index in [1.165, 1.54) is 8.25 Å². The highest BCUT2D eigenvalue weighted by atomic mass is 127. The number of hydrogen-bond donors (Lipinski definition) is 3. The number of benzene rings is 1. The summed E-state index contributed by atoms with van der Waals surface area (Å²) in [4.78, 5) is 12.9. The van der Waals surface area contributed by atoms with E-state index in [0.717, 1.165) is 5.69 Å². The van der Waals surface area contributed by atoms with Gasteiger partial charge in [0.1, 0.15) is 0 Å². The van der Waals surface area contributed by atoms with E-state index in [0.29, 0.717) is 11.9 Å². The maximum absolute atomic E-state index is 10.6. The van der Waals surface area contributed by atoms with Crippen LogP contribution in [0.15, 0.2) is 24.3 Å². The molecule has 0 aliphatic heterocycles. The summed E-state index contributed by atoms with van der Waals surface area (Å²) in [7, 11) is 1.75. The number of nitrogens with two attached hydrogens (primary N) is 1. The SMILES string of the molecule is Cn1nc(Nc2ccc(I)cc2)nc1N.O=C(O)C(F)(F)F. The van der Waals surface area contributed by atoms with Gasteiger partial charge in [-0.15, -0.1) is 5.10 Å². The Morgan fingerprint density at radius 1 is 1.36 bits per heavy atom. The van der Waals surface area contributed by atoms with Gasteiger partial charge in [-0.05, 0) is 46.9 Å². The van der Waals surface area contributed by atoms with Crippen LogP contribution in [0.4, 0.5) is 30.8 Å². The summed E-state index contributed by atoms with van der Waals surface area (Å²) in [5, 5.41) is 14.3. The highest BCUT2D eigenvalue weighted by molar-refractivity contribution is 14.1. The molecule has 0 saturated heterocycles. The van der Waals surface area contributed by atoms with Gasteiger partial charge in [0.05, 0.1) is 0 Å². The zero-order chi connectivity index (χ0) is 16.9. The predicted octanol–water partition coefficient (Wildman–Crippen LogP) is 2.38. The summed E-state index contributed by atoms with van der Waals surface area (Å²) in [6.07, 6.45) is -5.08. The molecular formula is C11H11F3IN5O2. The van der Waals surface area contributed by atoms with E-state index in [4.69, 9.17) is 15.6 Å². The minimum absolute atomic E-state index is 0.392. The summed E-state index contributed by atoms with van der Waals surface area (Å²) in [5.74, 6) is -1.85. The van der Waals surface area contributed by atoms with Crippen molar-refractivity contribution < 1.29 is 23.1 Å². The number of hydrogen-bond acceptors (Lipinski definition) is 5. The second kappa shape index (κ2) is 7.29. The summed E-state index contributed by atoms with van der Waals surface area (Å²) in [6, 6.07) is 7.95. The summed E-state index contributed by atoms with van der Waals surface area (Å²) in [6.45, 7) is 0. The van der Waals surface area contributed by atoms with Crippen molar-refractivity contribution in [2.75, 3.05) is 11.1 Å². The quantitative estimate of drug-likeness (QED) is 0.634. The smallest absolute Gasteiger partial charge is 0.475 e. The van der Waals surface area contributed by atoms with Crippen molar-refractivity contribution in [3.63, 3.8) is 0 Å². The van der Waals surface area contributed by atoms with Gasteiger partial charge < -0.3 is 16.2 Å². The van der Waals surface area contributed by atoms with Gasteiger partial charge in [-0.2, -0.15) is 18.2 Å². The number of halogens is 4. The Kier molecular flexibility index (Phi) is 5.96. The van der Waals surface area contributed by atoms with Crippen molar-refractivity contribution in [3.8, 4) is 0 Å². The van der Waals surface area contributed by atoms with E-state index in [2.05, 4.69) is 38.0 Å². The molecule has 22 heavy (non-hydrogen) atoms. The third-order valence-electron chi connectivity index (χ3n) is 2.14. The van der Waals surface area contributed by atoms with Crippen LogP contribution in [0, 0.1) is 3.57 Å². The maximum Gasteiger partial charge on any atom is 0.490 e. The van der Waals surface area contributed by atoms with Crippen LogP contribution in [0.3, 0.4) is 0 Å². The van der Waals surface area contributed by atoms with Crippen LogP contribution in [0.25, 0.3) is 0 Å². The molecule has 0 aliphatic carbocycles. The number of carboxylic acid groups (broad SMARTS) is 1. The molecule has 1 aromatic heterocycles. The van der Waals surface area contributed by atoms with Gasteiger partial charge in [-0.25, -0.2) is 9.48 Å². The molecule has 7 nitrogen and oxygen atoms in total. The highest BCUT2D eigenvalue weighted by Crippen LogP contribution is 2.15. The van der Waals surface area contributed by atoms with Gasteiger partial charge in [-0.1, -0.05) is 0 Å². The standard InChI is InChI=1S/C9H10IN5.C2HF3O2/c1-15-8(11)13-9(14-15)12-7-4-2-6(10)3-5-7;3-2(4,5)1(6)7/h2-5H,1H3,(H3,11,12,13,14);(H,6,7). The minimum Gasteiger partial charge on any atom is -0.475 e. The zero-order valence-electron chi connectivity index (χ0n) is 11.1. The van der Waals surface area contributed by atoms with Crippen LogP contribution >= 0.6 is 22.6 Å². The molecule has 0 saturated carbocycles. The van der Waals surface area contributed by atoms with Crippen molar-refractivity contribution in [1.82, 2.24) is 14.8 Å². The molecule has 0 amide bonds. The maximum atomic E-state index is 10.6. The first kappa shape index (κ1) is 18.0. The van der Waals surface area contributed by atoms with Gasteiger partial charge in [0.15, 0.2) is 0 Å². The normalized spacial score (nSPS) is 10.6. The second-order valence-electron chi connectivity index (χ2n) is 3.85. The molecule has 120 valence electrons. The number of anilines is 3. The number of nitrogens with zero attached hydrogens (tertiary/aromatic N) is 3. The Bertz CT molecular complexity index is 623.